The number of hydrogen-bond acceptors (Lipinski definition) is 6. The van der Waals surface area contributed by atoms with Crippen molar-refractivity contribution in [1.29, 1.82) is 0 Å². The Labute approximate surface area is 135 Å². The SMILES string of the molecule is CCc1nsc(N2CCN(C(=O)C3CCCC(N)C3)CC2)n1. The summed E-state index contributed by atoms with van der Waals surface area (Å²) in [5, 5.41) is 0.989. The van der Waals surface area contributed by atoms with Crippen molar-refractivity contribution in [3.8, 4) is 0 Å². The Morgan fingerprint density at radius 2 is 2.09 bits per heavy atom. The molecule has 3 rings (SSSR count). The molecule has 1 saturated carbocycles. The van der Waals surface area contributed by atoms with Crippen LogP contribution in [0.4, 0.5) is 5.13 Å². The van der Waals surface area contributed by atoms with Gasteiger partial charge in [-0.25, -0.2) is 4.98 Å². The topological polar surface area (TPSA) is 75.4 Å². The van der Waals surface area contributed by atoms with Gasteiger partial charge in [-0.15, -0.1) is 0 Å². The second-order valence-corrected chi connectivity index (χ2v) is 7.01. The van der Waals surface area contributed by atoms with Crippen molar-refractivity contribution >= 4 is 22.6 Å². The summed E-state index contributed by atoms with van der Waals surface area (Å²) < 4.78 is 4.34. The minimum atomic E-state index is 0.142. The number of aryl methyl sites for hydroxylation is 1. The smallest absolute Gasteiger partial charge is 0.225 e. The van der Waals surface area contributed by atoms with Crippen LogP contribution in [0, 0.1) is 5.92 Å². The molecule has 6 nitrogen and oxygen atoms in total. The first-order chi connectivity index (χ1) is 10.7. The van der Waals surface area contributed by atoms with Crippen LogP contribution in [0.2, 0.25) is 0 Å². The summed E-state index contributed by atoms with van der Waals surface area (Å²) in [4.78, 5) is 21.4. The molecule has 0 aromatic carbocycles. The maximum absolute atomic E-state index is 12.6. The molecule has 1 saturated heterocycles. The molecule has 22 heavy (non-hydrogen) atoms. The summed E-state index contributed by atoms with van der Waals surface area (Å²) in [6.07, 6.45) is 4.88. The van der Waals surface area contributed by atoms with E-state index >= 15 is 0 Å². The van der Waals surface area contributed by atoms with Gasteiger partial charge in [-0.05, 0) is 19.3 Å². The Kier molecular flexibility index (Phi) is 4.93. The van der Waals surface area contributed by atoms with Gasteiger partial charge in [0.1, 0.15) is 5.82 Å². The van der Waals surface area contributed by atoms with Crippen LogP contribution in [0.15, 0.2) is 0 Å². The van der Waals surface area contributed by atoms with Crippen LogP contribution in [0.3, 0.4) is 0 Å². The minimum absolute atomic E-state index is 0.142. The average molecular weight is 323 g/mol. The van der Waals surface area contributed by atoms with Crippen molar-refractivity contribution in [1.82, 2.24) is 14.3 Å². The Bertz CT molecular complexity index is 512. The van der Waals surface area contributed by atoms with Crippen LogP contribution >= 0.6 is 11.5 Å². The summed E-state index contributed by atoms with van der Waals surface area (Å²) in [5.74, 6) is 1.36. The van der Waals surface area contributed by atoms with E-state index in [1.165, 1.54) is 11.5 Å². The summed E-state index contributed by atoms with van der Waals surface area (Å²) in [5.41, 5.74) is 6.01. The predicted octanol–water partition coefficient (Wildman–Crippen LogP) is 1.27. The number of nitrogens with two attached hydrogens (primary N) is 1. The predicted molar refractivity (Wildman–Crippen MR) is 88.0 cm³/mol. The normalized spacial score (nSPS) is 26.3. The van der Waals surface area contributed by atoms with Crippen molar-refractivity contribution < 1.29 is 4.79 Å². The lowest BCUT2D eigenvalue weighted by Crippen LogP contribution is -2.51. The third kappa shape index (κ3) is 3.41. The zero-order valence-electron chi connectivity index (χ0n) is 13.2. The van der Waals surface area contributed by atoms with Crippen LogP contribution in [0.5, 0.6) is 0 Å². The summed E-state index contributed by atoms with van der Waals surface area (Å²) in [7, 11) is 0. The molecule has 0 bridgehead atoms. The molecule has 0 radical (unpaired) electrons. The second-order valence-electron chi connectivity index (χ2n) is 6.28. The first-order valence-electron chi connectivity index (χ1n) is 8.29. The fourth-order valence-electron chi connectivity index (χ4n) is 3.34. The number of carbonyl (C=O) groups is 1. The molecule has 2 atom stereocenters. The summed E-state index contributed by atoms with van der Waals surface area (Å²) in [6, 6.07) is 0.206. The first-order valence-corrected chi connectivity index (χ1v) is 9.06. The molecule has 0 spiro atoms. The zero-order chi connectivity index (χ0) is 15.5. The fourth-order valence-corrected chi connectivity index (χ4v) is 4.15. The molecule has 1 aliphatic carbocycles. The Morgan fingerprint density at radius 3 is 2.73 bits per heavy atom. The van der Waals surface area contributed by atoms with E-state index in [4.69, 9.17) is 5.73 Å². The van der Waals surface area contributed by atoms with E-state index in [1.54, 1.807) is 0 Å². The van der Waals surface area contributed by atoms with Crippen LogP contribution in [0.1, 0.15) is 38.4 Å². The number of nitrogens with zero attached hydrogens (tertiary/aromatic N) is 4. The molecule has 1 amide bonds. The standard InChI is InChI=1S/C15H25N5OS/c1-2-13-17-15(22-18-13)20-8-6-19(7-9-20)14(21)11-4-3-5-12(16)10-11/h11-12H,2-10,16H2,1H3. The monoisotopic (exact) mass is 323 g/mol. The zero-order valence-corrected chi connectivity index (χ0v) is 14.0. The highest BCUT2D eigenvalue weighted by molar-refractivity contribution is 7.09. The number of rotatable bonds is 3. The maximum Gasteiger partial charge on any atom is 0.225 e. The molecule has 2 heterocycles. The molecular weight excluding hydrogens is 298 g/mol. The van der Waals surface area contributed by atoms with E-state index < -0.39 is 0 Å². The van der Waals surface area contributed by atoms with Crippen LogP contribution in [-0.4, -0.2) is 52.4 Å². The number of hydrogen-bond donors (Lipinski definition) is 1. The Hall–Kier alpha value is -1.21. The lowest BCUT2D eigenvalue weighted by Gasteiger charge is -2.37. The van der Waals surface area contributed by atoms with Gasteiger partial charge in [-0.2, -0.15) is 4.37 Å². The van der Waals surface area contributed by atoms with Crippen molar-refractivity contribution in [2.75, 3.05) is 31.1 Å². The lowest BCUT2D eigenvalue weighted by atomic mass is 9.85. The fraction of sp³-hybridized carbons (Fsp3) is 0.800. The molecule has 1 aromatic heterocycles. The molecule has 2 N–H and O–H groups in total. The quantitative estimate of drug-likeness (QED) is 0.906. The molecule has 1 aliphatic heterocycles. The summed E-state index contributed by atoms with van der Waals surface area (Å²) in [6.45, 7) is 5.33. The van der Waals surface area contributed by atoms with Crippen LogP contribution in [0.25, 0.3) is 0 Å². The van der Waals surface area contributed by atoms with Gasteiger partial charge >= 0.3 is 0 Å². The Morgan fingerprint density at radius 1 is 1.32 bits per heavy atom. The Balaban J connectivity index is 1.53. The van der Waals surface area contributed by atoms with Gasteiger partial charge in [0.15, 0.2) is 0 Å². The van der Waals surface area contributed by atoms with Crippen molar-refractivity contribution in [2.24, 2.45) is 11.7 Å². The first kappa shape index (κ1) is 15.7. The van der Waals surface area contributed by atoms with Gasteiger partial charge in [0, 0.05) is 56.1 Å². The maximum atomic E-state index is 12.6. The number of aromatic nitrogens is 2. The molecule has 2 unspecified atom stereocenters. The largest absolute Gasteiger partial charge is 0.343 e. The van der Waals surface area contributed by atoms with Gasteiger partial charge in [-0.1, -0.05) is 13.3 Å². The van der Waals surface area contributed by atoms with E-state index in [-0.39, 0.29) is 12.0 Å². The van der Waals surface area contributed by atoms with E-state index in [9.17, 15) is 4.79 Å². The number of anilines is 1. The van der Waals surface area contributed by atoms with Crippen molar-refractivity contribution in [3.63, 3.8) is 0 Å². The molecule has 122 valence electrons. The van der Waals surface area contributed by atoms with Gasteiger partial charge in [-0.3, -0.25) is 4.79 Å². The highest BCUT2D eigenvalue weighted by Gasteiger charge is 2.31. The molecular formula is C15H25N5OS. The van der Waals surface area contributed by atoms with Gasteiger partial charge in [0.2, 0.25) is 11.0 Å². The minimum Gasteiger partial charge on any atom is -0.343 e. The van der Waals surface area contributed by atoms with Crippen LogP contribution < -0.4 is 10.6 Å². The summed E-state index contributed by atoms with van der Waals surface area (Å²) >= 11 is 1.46. The molecule has 7 heteroatoms. The van der Waals surface area contributed by atoms with E-state index in [1.807, 2.05) is 4.90 Å². The van der Waals surface area contributed by atoms with E-state index in [2.05, 4.69) is 21.2 Å². The molecule has 1 aromatic rings. The van der Waals surface area contributed by atoms with E-state index in [0.717, 1.165) is 69.2 Å². The second kappa shape index (κ2) is 6.91. The van der Waals surface area contributed by atoms with Gasteiger partial charge in [0.05, 0.1) is 0 Å². The van der Waals surface area contributed by atoms with Crippen molar-refractivity contribution in [3.05, 3.63) is 5.82 Å². The third-order valence-electron chi connectivity index (χ3n) is 4.70. The molecule has 2 aliphatic rings. The van der Waals surface area contributed by atoms with Gasteiger partial charge in [0.25, 0.3) is 0 Å². The lowest BCUT2D eigenvalue weighted by molar-refractivity contribution is -0.137. The van der Waals surface area contributed by atoms with E-state index in [0.29, 0.717) is 5.91 Å². The number of amides is 1. The third-order valence-corrected chi connectivity index (χ3v) is 5.51. The highest BCUT2D eigenvalue weighted by atomic mass is 32.1. The number of carbonyl (C=O) groups excluding carboxylic acids is 1. The van der Waals surface area contributed by atoms with Crippen LogP contribution in [-0.2, 0) is 11.2 Å². The molecule has 2 fully saturated rings. The average Bonchev–Trinajstić information content (AvgIpc) is 3.03. The number of piperazine rings is 1. The van der Waals surface area contributed by atoms with Gasteiger partial charge < -0.3 is 15.5 Å². The highest BCUT2D eigenvalue weighted by Crippen LogP contribution is 2.26. The van der Waals surface area contributed by atoms with Crippen molar-refractivity contribution in [2.45, 2.75) is 45.1 Å².